The first kappa shape index (κ1) is 10.1. The fraction of sp³-hybridized carbons (Fsp3) is 0.538. The zero-order valence-electron chi connectivity index (χ0n) is 9.60. The van der Waals surface area contributed by atoms with Gasteiger partial charge in [0.15, 0.2) is 0 Å². The van der Waals surface area contributed by atoms with Crippen LogP contribution < -0.4 is 10.6 Å². The molecule has 1 aromatic rings. The molecule has 2 heterocycles. The lowest BCUT2D eigenvalue weighted by Crippen LogP contribution is -2.49. The van der Waals surface area contributed by atoms with Crippen LogP contribution in [-0.4, -0.2) is 31.3 Å². The molecule has 86 valence electrons. The van der Waals surface area contributed by atoms with Gasteiger partial charge < -0.3 is 15.4 Å². The summed E-state index contributed by atoms with van der Waals surface area (Å²) in [6.07, 6.45) is 1.48. The molecule has 2 fully saturated rings. The first-order valence-electron chi connectivity index (χ1n) is 5.96. The van der Waals surface area contributed by atoms with Crippen LogP contribution in [0.5, 0.6) is 0 Å². The number of rotatable bonds is 2. The van der Waals surface area contributed by atoms with Gasteiger partial charge in [-0.2, -0.15) is 0 Å². The lowest BCUT2D eigenvalue weighted by Gasteiger charge is -2.36. The van der Waals surface area contributed by atoms with Crippen molar-refractivity contribution in [1.29, 1.82) is 0 Å². The van der Waals surface area contributed by atoms with E-state index in [9.17, 15) is 0 Å². The molecule has 3 rings (SSSR count). The number of ether oxygens (including phenoxy) is 1. The predicted molar refractivity (Wildman–Crippen MR) is 64.6 cm³/mol. The van der Waals surface area contributed by atoms with Crippen molar-refractivity contribution in [3.8, 4) is 0 Å². The molecule has 2 bridgehead atoms. The fourth-order valence-corrected chi connectivity index (χ4v) is 2.94. The predicted octanol–water partition coefficient (Wildman–Crippen LogP) is 1.30. The molecule has 2 aliphatic rings. The minimum Gasteiger partial charge on any atom is -0.374 e. The summed E-state index contributed by atoms with van der Waals surface area (Å²) >= 11 is 0. The van der Waals surface area contributed by atoms with Crippen LogP contribution in [0.25, 0.3) is 0 Å². The van der Waals surface area contributed by atoms with Crippen molar-refractivity contribution in [3.05, 3.63) is 29.8 Å². The van der Waals surface area contributed by atoms with Crippen molar-refractivity contribution >= 4 is 5.69 Å². The number of hydrogen-bond donors (Lipinski definition) is 1. The highest BCUT2D eigenvalue weighted by Gasteiger charge is 2.46. The van der Waals surface area contributed by atoms with E-state index >= 15 is 0 Å². The number of nitrogens with zero attached hydrogens (tertiary/aromatic N) is 1. The topological polar surface area (TPSA) is 38.5 Å². The van der Waals surface area contributed by atoms with E-state index in [1.807, 2.05) is 0 Å². The van der Waals surface area contributed by atoms with Crippen molar-refractivity contribution in [1.82, 2.24) is 0 Å². The fourth-order valence-electron chi connectivity index (χ4n) is 2.94. The van der Waals surface area contributed by atoms with Gasteiger partial charge in [0.05, 0.1) is 24.8 Å². The number of hydrogen-bond acceptors (Lipinski definition) is 3. The summed E-state index contributed by atoms with van der Waals surface area (Å²) in [6.45, 7) is 3.65. The minimum atomic E-state index is 0.344. The monoisotopic (exact) mass is 218 g/mol. The Kier molecular flexibility index (Phi) is 2.37. The molecule has 0 amide bonds. The highest BCUT2D eigenvalue weighted by Crippen LogP contribution is 2.36. The molecule has 0 aliphatic carbocycles. The van der Waals surface area contributed by atoms with Gasteiger partial charge in [-0.3, -0.25) is 0 Å². The maximum Gasteiger partial charge on any atom is 0.0812 e. The van der Waals surface area contributed by atoms with Gasteiger partial charge >= 0.3 is 0 Å². The second kappa shape index (κ2) is 3.75. The molecular formula is C13H18N2O. The van der Waals surface area contributed by atoms with E-state index in [2.05, 4.69) is 36.1 Å². The molecule has 2 N–H and O–H groups in total. The second-order valence-electron chi connectivity index (χ2n) is 4.81. The van der Waals surface area contributed by atoms with Crippen LogP contribution in [0.3, 0.4) is 0 Å². The molecule has 0 radical (unpaired) electrons. The summed E-state index contributed by atoms with van der Waals surface area (Å²) in [7, 11) is 0. The van der Waals surface area contributed by atoms with E-state index in [4.69, 9.17) is 10.5 Å². The molecule has 16 heavy (non-hydrogen) atoms. The Hall–Kier alpha value is -1.06. The summed E-state index contributed by atoms with van der Waals surface area (Å²) in [5.41, 5.74) is 8.44. The van der Waals surface area contributed by atoms with Crippen LogP contribution in [0.4, 0.5) is 5.69 Å². The quantitative estimate of drug-likeness (QED) is 0.813. The third-order valence-electron chi connectivity index (χ3n) is 3.76. The van der Waals surface area contributed by atoms with Gasteiger partial charge in [-0.25, -0.2) is 0 Å². The third kappa shape index (κ3) is 1.43. The summed E-state index contributed by atoms with van der Waals surface area (Å²) in [5, 5.41) is 0. The number of morpholine rings is 1. The zero-order chi connectivity index (χ0) is 11.1. The van der Waals surface area contributed by atoms with Gasteiger partial charge in [0.1, 0.15) is 0 Å². The van der Waals surface area contributed by atoms with E-state index < -0.39 is 0 Å². The van der Waals surface area contributed by atoms with Crippen LogP contribution in [0.1, 0.15) is 12.0 Å². The van der Waals surface area contributed by atoms with Crippen molar-refractivity contribution < 1.29 is 4.74 Å². The lowest BCUT2D eigenvalue weighted by molar-refractivity contribution is 0.0720. The zero-order valence-corrected chi connectivity index (χ0v) is 9.60. The van der Waals surface area contributed by atoms with Gasteiger partial charge in [-0.1, -0.05) is 17.7 Å². The Morgan fingerprint density at radius 2 is 2.12 bits per heavy atom. The Morgan fingerprint density at radius 3 is 2.81 bits per heavy atom. The summed E-state index contributed by atoms with van der Waals surface area (Å²) in [5.74, 6) is 0. The number of anilines is 1. The SMILES string of the molecule is Cc1ccc(N2C3COC(C3)C2CN)cc1. The number of fused-ring (bicyclic) bond motifs is 2. The average Bonchev–Trinajstić information content (AvgIpc) is 2.89. The van der Waals surface area contributed by atoms with E-state index in [1.54, 1.807) is 0 Å². The molecule has 3 unspecified atom stereocenters. The Bertz CT molecular complexity index is 376. The summed E-state index contributed by atoms with van der Waals surface area (Å²) in [4.78, 5) is 2.45. The first-order valence-corrected chi connectivity index (χ1v) is 5.96. The molecule has 3 nitrogen and oxygen atoms in total. The number of aryl methyl sites for hydroxylation is 1. The Balaban J connectivity index is 1.91. The molecule has 0 aromatic heterocycles. The molecule has 3 atom stereocenters. The summed E-state index contributed by atoms with van der Waals surface area (Å²) in [6, 6.07) is 9.60. The molecule has 0 saturated carbocycles. The third-order valence-corrected chi connectivity index (χ3v) is 3.76. The van der Waals surface area contributed by atoms with Gasteiger partial charge in [0.2, 0.25) is 0 Å². The molecule has 0 spiro atoms. The van der Waals surface area contributed by atoms with Gasteiger partial charge in [0, 0.05) is 12.2 Å². The minimum absolute atomic E-state index is 0.344. The molecular weight excluding hydrogens is 200 g/mol. The highest BCUT2D eigenvalue weighted by atomic mass is 16.5. The smallest absolute Gasteiger partial charge is 0.0812 e. The van der Waals surface area contributed by atoms with Crippen molar-refractivity contribution in [2.75, 3.05) is 18.1 Å². The molecule has 2 aliphatic heterocycles. The molecule has 2 saturated heterocycles. The van der Waals surface area contributed by atoms with E-state index in [-0.39, 0.29) is 0 Å². The Morgan fingerprint density at radius 1 is 1.38 bits per heavy atom. The molecule has 1 aromatic carbocycles. The lowest BCUT2D eigenvalue weighted by atomic mass is 10.1. The first-order chi connectivity index (χ1) is 7.79. The van der Waals surface area contributed by atoms with E-state index in [0.717, 1.165) is 13.0 Å². The van der Waals surface area contributed by atoms with Crippen LogP contribution in [0.15, 0.2) is 24.3 Å². The van der Waals surface area contributed by atoms with Crippen LogP contribution in [0, 0.1) is 6.92 Å². The van der Waals surface area contributed by atoms with Gasteiger partial charge in [-0.15, -0.1) is 0 Å². The van der Waals surface area contributed by atoms with Gasteiger partial charge in [0.25, 0.3) is 0 Å². The number of nitrogens with two attached hydrogens (primary N) is 1. The van der Waals surface area contributed by atoms with Gasteiger partial charge in [-0.05, 0) is 25.5 Å². The molecule has 3 heteroatoms. The van der Waals surface area contributed by atoms with Crippen molar-refractivity contribution in [3.63, 3.8) is 0 Å². The maximum atomic E-state index is 5.86. The maximum absolute atomic E-state index is 5.86. The van der Waals surface area contributed by atoms with Crippen LogP contribution >= 0.6 is 0 Å². The average molecular weight is 218 g/mol. The number of benzene rings is 1. The Labute approximate surface area is 96.2 Å². The second-order valence-corrected chi connectivity index (χ2v) is 4.81. The van der Waals surface area contributed by atoms with Crippen molar-refractivity contribution in [2.45, 2.75) is 31.5 Å². The van der Waals surface area contributed by atoms with E-state index in [1.165, 1.54) is 11.3 Å². The summed E-state index contributed by atoms with van der Waals surface area (Å²) < 4.78 is 5.71. The highest BCUT2D eigenvalue weighted by molar-refractivity contribution is 5.52. The largest absolute Gasteiger partial charge is 0.374 e. The van der Waals surface area contributed by atoms with Crippen LogP contribution in [0.2, 0.25) is 0 Å². The van der Waals surface area contributed by atoms with E-state index in [0.29, 0.717) is 24.7 Å². The standard InChI is InChI=1S/C13H18N2O/c1-9-2-4-10(5-3-9)15-11-6-13(16-8-11)12(15)7-14/h2-5,11-13H,6-8,14H2,1H3. The van der Waals surface area contributed by atoms with Crippen molar-refractivity contribution in [2.24, 2.45) is 5.73 Å². The van der Waals surface area contributed by atoms with Crippen LogP contribution in [-0.2, 0) is 4.74 Å². The normalized spacial score (nSPS) is 32.4.